The fourth-order valence-electron chi connectivity index (χ4n) is 2.64. The molecule has 2 rings (SSSR count). The van der Waals surface area contributed by atoms with Gasteiger partial charge in [0.1, 0.15) is 5.75 Å². The van der Waals surface area contributed by atoms with Gasteiger partial charge in [0.25, 0.3) is 0 Å². The van der Waals surface area contributed by atoms with Crippen molar-refractivity contribution in [3.8, 4) is 5.75 Å². The smallest absolute Gasteiger partial charge is 0.119 e. The van der Waals surface area contributed by atoms with E-state index in [0.717, 1.165) is 18.6 Å². The van der Waals surface area contributed by atoms with Crippen LogP contribution in [-0.2, 0) is 6.42 Å². The van der Waals surface area contributed by atoms with Crippen LogP contribution in [0.5, 0.6) is 5.75 Å². The van der Waals surface area contributed by atoms with Crippen molar-refractivity contribution in [2.45, 2.75) is 25.7 Å². The lowest BCUT2D eigenvalue weighted by molar-refractivity contribution is 0.298. The van der Waals surface area contributed by atoms with E-state index in [1.54, 1.807) is 0 Å². The molecule has 23 heavy (non-hydrogen) atoms. The first-order valence-corrected chi connectivity index (χ1v) is 8.33. The maximum absolute atomic E-state index is 5.96. The molecule has 0 amide bonds. The standard InChI is InChI=1S/C20H28N2O/c1-4-16-6-5-7-20(14-16)23-13-12-18(15-21)17-8-10-19(11-9-17)22(2)3/h5-11,14,18H,4,12-13,15,21H2,1-3H3. The molecule has 0 heterocycles. The third kappa shape index (κ3) is 5.00. The Labute approximate surface area is 140 Å². The van der Waals surface area contributed by atoms with Crippen LogP contribution in [0.4, 0.5) is 5.69 Å². The van der Waals surface area contributed by atoms with E-state index in [1.165, 1.54) is 16.8 Å². The minimum atomic E-state index is 0.334. The monoisotopic (exact) mass is 312 g/mol. The van der Waals surface area contributed by atoms with Crippen molar-refractivity contribution in [1.82, 2.24) is 0 Å². The lowest BCUT2D eigenvalue weighted by Crippen LogP contribution is -2.16. The molecule has 0 fully saturated rings. The summed E-state index contributed by atoms with van der Waals surface area (Å²) in [4.78, 5) is 2.10. The minimum absolute atomic E-state index is 0.334. The number of anilines is 1. The molecule has 0 spiro atoms. The predicted molar refractivity (Wildman–Crippen MR) is 98.5 cm³/mol. The van der Waals surface area contributed by atoms with Crippen LogP contribution in [-0.4, -0.2) is 27.2 Å². The van der Waals surface area contributed by atoms with Crippen molar-refractivity contribution in [3.05, 3.63) is 59.7 Å². The first-order valence-electron chi connectivity index (χ1n) is 8.33. The van der Waals surface area contributed by atoms with E-state index in [2.05, 4.69) is 54.3 Å². The van der Waals surface area contributed by atoms with Gasteiger partial charge < -0.3 is 15.4 Å². The Morgan fingerprint density at radius 3 is 2.43 bits per heavy atom. The topological polar surface area (TPSA) is 38.5 Å². The number of benzene rings is 2. The van der Waals surface area contributed by atoms with Crippen molar-refractivity contribution >= 4 is 5.69 Å². The quantitative estimate of drug-likeness (QED) is 0.805. The van der Waals surface area contributed by atoms with Gasteiger partial charge in [0.05, 0.1) is 6.61 Å². The van der Waals surface area contributed by atoms with E-state index in [1.807, 2.05) is 20.2 Å². The van der Waals surface area contributed by atoms with Gasteiger partial charge in [0.15, 0.2) is 0 Å². The average molecular weight is 312 g/mol. The molecule has 0 saturated carbocycles. The van der Waals surface area contributed by atoms with Crippen molar-refractivity contribution in [2.75, 3.05) is 32.1 Å². The molecule has 0 aliphatic heterocycles. The van der Waals surface area contributed by atoms with Crippen LogP contribution in [0.15, 0.2) is 48.5 Å². The van der Waals surface area contributed by atoms with E-state index >= 15 is 0 Å². The zero-order valence-corrected chi connectivity index (χ0v) is 14.5. The predicted octanol–water partition coefficient (Wildman–Crippen LogP) is 3.83. The average Bonchev–Trinajstić information content (AvgIpc) is 2.59. The molecule has 3 nitrogen and oxygen atoms in total. The van der Waals surface area contributed by atoms with Gasteiger partial charge in [-0.2, -0.15) is 0 Å². The van der Waals surface area contributed by atoms with Gasteiger partial charge in [-0.25, -0.2) is 0 Å². The van der Waals surface area contributed by atoms with Crippen LogP contribution < -0.4 is 15.4 Å². The molecule has 0 aliphatic rings. The Kier molecular flexibility index (Phi) is 6.48. The van der Waals surface area contributed by atoms with E-state index < -0.39 is 0 Å². The molecule has 0 radical (unpaired) electrons. The SMILES string of the molecule is CCc1cccc(OCCC(CN)c2ccc(N(C)C)cc2)c1. The van der Waals surface area contributed by atoms with Gasteiger partial charge in [-0.3, -0.25) is 0 Å². The van der Waals surface area contributed by atoms with Crippen LogP contribution in [0.1, 0.15) is 30.4 Å². The van der Waals surface area contributed by atoms with Crippen LogP contribution in [0.25, 0.3) is 0 Å². The molecule has 0 bridgehead atoms. The number of nitrogens with two attached hydrogens (primary N) is 1. The Balaban J connectivity index is 1.91. The van der Waals surface area contributed by atoms with Crippen molar-refractivity contribution in [2.24, 2.45) is 5.73 Å². The third-order valence-corrected chi connectivity index (χ3v) is 4.21. The molecule has 124 valence electrons. The van der Waals surface area contributed by atoms with Crippen LogP contribution in [0.3, 0.4) is 0 Å². The molecule has 2 N–H and O–H groups in total. The van der Waals surface area contributed by atoms with Crippen molar-refractivity contribution < 1.29 is 4.74 Å². The molecule has 0 aromatic heterocycles. The fraction of sp³-hybridized carbons (Fsp3) is 0.400. The number of hydrogen-bond donors (Lipinski definition) is 1. The van der Waals surface area contributed by atoms with Gasteiger partial charge in [0.2, 0.25) is 0 Å². The first-order chi connectivity index (χ1) is 11.1. The van der Waals surface area contributed by atoms with E-state index in [-0.39, 0.29) is 0 Å². The van der Waals surface area contributed by atoms with Gasteiger partial charge in [-0.1, -0.05) is 31.2 Å². The number of aryl methyl sites for hydroxylation is 1. The summed E-state index contributed by atoms with van der Waals surface area (Å²) in [7, 11) is 4.10. The number of ether oxygens (including phenoxy) is 1. The number of rotatable bonds is 8. The van der Waals surface area contributed by atoms with Gasteiger partial charge in [0, 0.05) is 19.8 Å². The second-order valence-electron chi connectivity index (χ2n) is 6.06. The van der Waals surface area contributed by atoms with Crippen LogP contribution in [0, 0.1) is 0 Å². The molecule has 3 heteroatoms. The lowest BCUT2D eigenvalue weighted by Gasteiger charge is -2.18. The largest absolute Gasteiger partial charge is 0.494 e. The second-order valence-corrected chi connectivity index (χ2v) is 6.06. The van der Waals surface area contributed by atoms with Crippen molar-refractivity contribution in [1.29, 1.82) is 0 Å². The van der Waals surface area contributed by atoms with Gasteiger partial charge >= 0.3 is 0 Å². The highest BCUT2D eigenvalue weighted by Crippen LogP contribution is 2.22. The number of hydrogen-bond acceptors (Lipinski definition) is 3. The Morgan fingerprint density at radius 1 is 1.09 bits per heavy atom. The summed E-state index contributed by atoms with van der Waals surface area (Å²) in [6.07, 6.45) is 1.95. The van der Waals surface area contributed by atoms with Gasteiger partial charge in [-0.05, 0) is 60.7 Å². The maximum Gasteiger partial charge on any atom is 0.119 e. The molecular weight excluding hydrogens is 284 g/mol. The highest BCUT2D eigenvalue weighted by atomic mass is 16.5. The zero-order valence-electron chi connectivity index (χ0n) is 14.5. The summed E-state index contributed by atoms with van der Waals surface area (Å²) >= 11 is 0. The summed E-state index contributed by atoms with van der Waals surface area (Å²) in [5.41, 5.74) is 9.75. The lowest BCUT2D eigenvalue weighted by atomic mass is 9.96. The normalized spacial score (nSPS) is 12.0. The molecule has 1 atom stereocenters. The third-order valence-electron chi connectivity index (χ3n) is 4.21. The van der Waals surface area contributed by atoms with E-state index in [9.17, 15) is 0 Å². The molecular formula is C20H28N2O. The summed E-state index contributed by atoms with van der Waals surface area (Å²) in [5.74, 6) is 1.28. The van der Waals surface area contributed by atoms with Crippen LogP contribution in [0.2, 0.25) is 0 Å². The highest BCUT2D eigenvalue weighted by molar-refractivity contribution is 5.46. The Bertz CT molecular complexity index is 593. The summed E-state index contributed by atoms with van der Waals surface area (Å²) in [5, 5.41) is 0. The summed E-state index contributed by atoms with van der Waals surface area (Å²) < 4.78 is 5.90. The Morgan fingerprint density at radius 2 is 1.83 bits per heavy atom. The van der Waals surface area contributed by atoms with E-state index in [4.69, 9.17) is 10.5 Å². The fourth-order valence-corrected chi connectivity index (χ4v) is 2.64. The molecule has 0 saturated heterocycles. The summed E-state index contributed by atoms with van der Waals surface area (Å²) in [6.45, 7) is 3.48. The highest BCUT2D eigenvalue weighted by Gasteiger charge is 2.10. The van der Waals surface area contributed by atoms with Gasteiger partial charge in [-0.15, -0.1) is 0 Å². The summed E-state index contributed by atoms with van der Waals surface area (Å²) in [6, 6.07) is 16.9. The Hall–Kier alpha value is -2.00. The molecule has 0 aliphatic carbocycles. The second kappa shape index (κ2) is 8.59. The molecule has 1 unspecified atom stereocenters. The first kappa shape index (κ1) is 17.4. The number of nitrogens with zero attached hydrogens (tertiary/aromatic N) is 1. The zero-order chi connectivity index (χ0) is 16.7. The van der Waals surface area contributed by atoms with Crippen LogP contribution >= 0.6 is 0 Å². The van der Waals surface area contributed by atoms with E-state index in [0.29, 0.717) is 19.1 Å². The molecule has 2 aromatic carbocycles. The van der Waals surface area contributed by atoms with Crippen molar-refractivity contribution in [3.63, 3.8) is 0 Å². The molecule has 2 aromatic rings. The maximum atomic E-state index is 5.96. The minimum Gasteiger partial charge on any atom is -0.494 e.